The van der Waals surface area contributed by atoms with E-state index in [-0.39, 0.29) is 45.0 Å². The summed E-state index contributed by atoms with van der Waals surface area (Å²) in [4.78, 5) is 13.5. The lowest BCUT2D eigenvalue weighted by atomic mass is 10.1. The molecule has 17 heteroatoms. The maximum atomic E-state index is 12.1. The van der Waals surface area contributed by atoms with Crippen LogP contribution in [0, 0.1) is 0 Å². The Bertz CT molecular complexity index is 2130. The zero-order valence-electron chi connectivity index (χ0n) is 22.6. The third-order valence-corrected chi connectivity index (χ3v) is 8.12. The summed E-state index contributed by atoms with van der Waals surface area (Å²) in [6.07, 6.45) is 0. The average Bonchev–Trinajstić information content (AvgIpc) is 2.96. The molecule has 0 amide bonds. The SMILES string of the molecule is CCN(c1ccccc1)c1nc(Cl)nc(Nc2cc(S(=O)(=O)O)cc3ccc(/N=N/c4ccccc4S(=O)(=O)O)c(O)c23)n1. The minimum absolute atomic E-state index is 0.0328. The van der Waals surface area contributed by atoms with Crippen LogP contribution in [-0.2, 0) is 20.2 Å². The van der Waals surface area contributed by atoms with Gasteiger partial charge in [0.1, 0.15) is 16.3 Å². The minimum Gasteiger partial charge on any atom is -0.505 e. The highest BCUT2D eigenvalue weighted by atomic mass is 35.5. The van der Waals surface area contributed by atoms with Crippen molar-refractivity contribution in [1.82, 2.24) is 15.0 Å². The molecular weight excluding hydrogens is 634 g/mol. The molecule has 4 N–H and O–H groups in total. The molecule has 0 aliphatic rings. The molecule has 0 fully saturated rings. The number of aromatic hydroxyl groups is 1. The molecule has 5 aromatic rings. The first-order chi connectivity index (χ1) is 20.8. The lowest BCUT2D eigenvalue weighted by Gasteiger charge is -2.21. The van der Waals surface area contributed by atoms with E-state index >= 15 is 0 Å². The van der Waals surface area contributed by atoms with Crippen LogP contribution in [-0.4, -0.2) is 52.5 Å². The number of fused-ring (bicyclic) bond motifs is 1. The Labute approximate surface area is 256 Å². The standard InChI is InChI=1S/C27H22ClN7O7S2/c1-2-35(17-8-4-3-5-9-17)27-31-25(28)30-26(32-27)29-21-15-18(43(37,38)39)14-16-12-13-20(24(36)23(16)21)34-33-19-10-6-7-11-22(19)44(40,41)42/h3-15,36H,2H2,1H3,(H,37,38,39)(H,40,41,42)(H,29,30,31,32)/b34-33+. The zero-order valence-corrected chi connectivity index (χ0v) is 25.0. The summed E-state index contributed by atoms with van der Waals surface area (Å²) in [5.74, 6) is -0.427. The average molecular weight is 656 g/mol. The number of hydrogen-bond donors (Lipinski definition) is 4. The maximum Gasteiger partial charge on any atom is 0.296 e. The van der Waals surface area contributed by atoms with Crippen molar-refractivity contribution in [2.45, 2.75) is 16.7 Å². The van der Waals surface area contributed by atoms with Crippen molar-refractivity contribution < 1.29 is 31.0 Å². The summed E-state index contributed by atoms with van der Waals surface area (Å²) in [6, 6.07) is 19.4. The summed E-state index contributed by atoms with van der Waals surface area (Å²) in [5, 5.41) is 21.9. The van der Waals surface area contributed by atoms with Crippen molar-refractivity contribution in [2.24, 2.45) is 10.2 Å². The van der Waals surface area contributed by atoms with E-state index in [1.54, 1.807) is 4.90 Å². The molecule has 0 radical (unpaired) electrons. The van der Waals surface area contributed by atoms with Crippen LogP contribution < -0.4 is 10.2 Å². The molecule has 0 aliphatic heterocycles. The van der Waals surface area contributed by atoms with Crippen LogP contribution in [0.1, 0.15) is 6.92 Å². The van der Waals surface area contributed by atoms with Crippen LogP contribution >= 0.6 is 11.6 Å². The topological polar surface area (TPSA) is 208 Å². The van der Waals surface area contributed by atoms with Gasteiger partial charge in [-0.05, 0) is 66.4 Å². The Morgan fingerprint density at radius 1 is 0.841 bits per heavy atom. The predicted molar refractivity (Wildman–Crippen MR) is 163 cm³/mol. The Morgan fingerprint density at radius 3 is 2.20 bits per heavy atom. The molecule has 1 aromatic heterocycles. The highest BCUT2D eigenvalue weighted by Gasteiger charge is 2.20. The van der Waals surface area contributed by atoms with Crippen molar-refractivity contribution in [2.75, 3.05) is 16.8 Å². The van der Waals surface area contributed by atoms with Crippen LogP contribution in [0.3, 0.4) is 0 Å². The summed E-state index contributed by atoms with van der Waals surface area (Å²) in [6.45, 7) is 2.34. The molecule has 5 rings (SSSR count). The summed E-state index contributed by atoms with van der Waals surface area (Å²) in [7, 11) is -9.31. The summed E-state index contributed by atoms with van der Waals surface area (Å²) in [5.41, 5.74) is 0.381. The number of benzene rings is 4. The van der Waals surface area contributed by atoms with E-state index in [0.717, 1.165) is 23.9 Å². The molecule has 0 unspecified atom stereocenters. The molecule has 0 saturated heterocycles. The van der Waals surface area contributed by atoms with Crippen LogP contribution in [0.5, 0.6) is 5.75 Å². The molecule has 0 spiro atoms. The van der Waals surface area contributed by atoms with E-state index in [1.165, 1.54) is 30.3 Å². The van der Waals surface area contributed by atoms with Crippen molar-refractivity contribution in [3.63, 3.8) is 0 Å². The first-order valence-electron chi connectivity index (χ1n) is 12.6. The fourth-order valence-electron chi connectivity index (χ4n) is 4.29. The number of rotatable bonds is 9. The number of azo groups is 1. The third-order valence-electron chi connectivity index (χ3n) is 6.22. The Hall–Kier alpha value is -4.74. The van der Waals surface area contributed by atoms with Crippen molar-refractivity contribution in [3.05, 3.63) is 84.1 Å². The molecule has 1 heterocycles. The van der Waals surface area contributed by atoms with Gasteiger partial charge in [0.15, 0.2) is 5.75 Å². The van der Waals surface area contributed by atoms with E-state index in [0.29, 0.717) is 6.54 Å². The number of phenolic OH excluding ortho intramolecular Hbond substituents is 1. The highest BCUT2D eigenvalue weighted by molar-refractivity contribution is 7.86. The van der Waals surface area contributed by atoms with E-state index in [1.807, 2.05) is 37.3 Å². The van der Waals surface area contributed by atoms with Gasteiger partial charge in [-0.15, -0.1) is 10.2 Å². The van der Waals surface area contributed by atoms with E-state index < -0.39 is 35.8 Å². The quantitative estimate of drug-likeness (QED) is 0.103. The van der Waals surface area contributed by atoms with Gasteiger partial charge in [0.25, 0.3) is 20.2 Å². The smallest absolute Gasteiger partial charge is 0.296 e. The van der Waals surface area contributed by atoms with Crippen molar-refractivity contribution >= 4 is 77.3 Å². The highest BCUT2D eigenvalue weighted by Crippen LogP contribution is 2.42. The van der Waals surface area contributed by atoms with Gasteiger partial charge in [-0.25, -0.2) is 0 Å². The third kappa shape index (κ3) is 6.58. The van der Waals surface area contributed by atoms with Gasteiger partial charge >= 0.3 is 0 Å². The second-order valence-electron chi connectivity index (χ2n) is 9.05. The van der Waals surface area contributed by atoms with E-state index in [2.05, 4.69) is 30.5 Å². The predicted octanol–water partition coefficient (Wildman–Crippen LogP) is 6.19. The second kappa shape index (κ2) is 12.1. The van der Waals surface area contributed by atoms with Crippen LogP contribution in [0.15, 0.2) is 98.9 Å². The molecule has 14 nitrogen and oxygen atoms in total. The van der Waals surface area contributed by atoms with Crippen LogP contribution in [0.25, 0.3) is 10.8 Å². The van der Waals surface area contributed by atoms with Gasteiger partial charge < -0.3 is 15.3 Å². The molecule has 44 heavy (non-hydrogen) atoms. The van der Waals surface area contributed by atoms with Gasteiger partial charge in [0, 0.05) is 17.6 Å². The molecule has 0 saturated carbocycles. The number of anilines is 4. The zero-order chi connectivity index (χ0) is 31.6. The summed E-state index contributed by atoms with van der Waals surface area (Å²) < 4.78 is 66.9. The fourth-order valence-corrected chi connectivity index (χ4v) is 5.61. The molecule has 4 aromatic carbocycles. The van der Waals surface area contributed by atoms with Crippen molar-refractivity contribution in [3.8, 4) is 5.75 Å². The Morgan fingerprint density at radius 2 is 1.52 bits per heavy atom. The van der Waals surface area contributed by atoms with Crippen molar-refractivity contribution in [1.29, 1.82) is 0 Å². The number of hydrogen-bond acceptors (Lipinski definition) is 12. The number of aromatic nitrogens is 3. The first kappa shape index (κ1) is 30.7. The maximum absolute atomic E-state index is 12.1. The molecule has 0 bridgehead atoms. The van der Waals surface area contributed by atoms with Gasteiger partial charge in [-0.2, -0.15) is 31.8 Å². The lowest BCUT2D eigenvalue weighted by Crippen LogP contribution is -2.19. The lowest BCUT2D eigenvalue weighted by molar-refractivity contribution is 0.480. The number of para-hydroxylation sites is 1. The number of nitrogens with one attached hydrogen (secondary N) is 1. The fraction of sp³-hybridized carbons (Fsp3) is 0.0741. The monoisotopic (exact) mass is 655 g/mol. The van der Waals surface area contributed by atoms with Crippen LogP contribution in [0.4, 0.5) is 34.6 Å². The van der Waals surface area contributed by atoms with E-state index in [9.17, 15) is 31.0 Å². The van der Waals surface area contributed by atoms with E-state index in [4.69, 9.17) is 11.6 Å². The van der Waals surface area contributed by atoms with Gasteiger partial charge in [0.05, 0.1) is 10.6 Å². The molecule has 226 valence electrons. The first-order valence-corrected chi connectivity index (χ1v) is 15.9. The minimum atomic E-state index is -4.70. The molecule has 0 atom stereocenters. The van der Waals surface area contributed by atoms with Gasteiger partial charge in [-0.1, -0.05) is 36.4 Å². The largest absolute Gasteiger partial charge is 0.505 e. The Balaban J connectivity index is 1.63. The number of nitrogens with zero attached hydrogens (tertiary/aromatic N) is 6. The normalized spacial score (nSPS) is 12.1. The molecular formula is C27H22ClN7O7S2. The van der Waals surface area contributed by atoms with Gasteiger partial charge in [-0.3, -0.25) is 9.11 Å². The molecule has 0 aliphatic carbocycles. The summed E-state index contributed by atoms with van der Waals surface area (Å²) >= 11 is 6.23. The Kier molecular flexibility index (Phi) is 8.44. The number of phenols is 1. The number of halogens is 1. The van der Waals surface area contributed by atoms with Crippen LogP contribution in [0.2, 0.25) is 5.28 Å². The van der Waals surface area contributed by atoms with Gasteiger partial charge in [0.2, 0.25) is 17.2 Å². The second-order valence-corrected chi connectivity index (χ2v) is 12.2.